The summed E-state index contributed by atoms with van der Waals surface area (Å²) in [6.07, 6.45) is 2.91. The minimum Gasteiger partial charge on any atom is -0.452 e. The van der Waals surface area contributed by atoms with Crippen LogP contribution in [0.3, 0.4) is 0 Å². The van der Waals surface area contributed by atoms with E-state index in [2.05, 4.69) is 10.3 Å². The number of benzene rings is 1. The molecule has 0 atom stereocenters. The molecule has 0 unspecified atom stereocenters. The van der Waals surface area contributed by atoms with Crippen LogP contribution < -0.4 is 5.32 Å². The van der Waals surface area contributed by atoms with Gasteiger partial charge < -0.3 is 10.1 Å². The Labute approximate surface area is 131 Å². The number of nitrogens with one attached hydrogen (secondary N) is 1. The van der Waals surface area contributed by atoms with Crippen LogP contribution >= 0.6 is 11.6 Å². The summed E-state index contributed by atoms with van der Waals surface area (Å²) in [5.41, 5.74) is 1.03. The van der Waals surface area contributed by atoms with E-state index in [1.54, 1.807) is 0 Å². The highest BCUT2D eigenvalue weighted by Gasteiger charge is 2.10. The minimum atomic E-state index is -0.615. The second kappa shape index (κ2) is 7.20. The number of hydrogen-bond donors (Lipinski definition) is 1. The fraction of sp³-hybridized carbons (Fsp3) is 0.0667. The molecule has 0 radical (unpaired) electrons. The molecule has 0 bridgehead atoms. The third kappa shape index (κ3) is 4.04. The molecule has 0 fully saturated rings. The van der Waals surface area contributed by atoms with Gasteiger partial charge in [0.15, 0.2) is 6.61 Å². The van der Waals surface area contributed by atoms with Crippen LogP contribution in [0.4, 0.5) is 5.69 Å². The van der Waals surface area contributed by atoms with Gasteiger partial charge >= 0.3 is 5.97 Å². The van der Waals surface area contributed by atoms with Gasteiger partial charge in [0.1, 0.15) is 6.07 Å². The predicted octanol–water partition coefficient (Wildman–Crippen LogP) is 2.40. The summed E-state index contributed by atoms with van der Waals surface area (Å²) in [6.45, 7) is -0.432. The number of hydrogen-bond acceptors (Lipinski definition) is 5. The Morgan fingerprint density at radius 3 is 2.64 bits per heavy atom. The lowest BCUT2D eigenvalue weighted by molar-refractivity contribution is -0.119. The van der Waals surface area contributed by atoms with Gasteiger partial charge in [-0.1, -0.05) is 11.6 Å². The number of nitrogens with zero attached hydrogens (tertiary/aromatic N) is 2. The maximum atomic E-state index is 11.7. The number of aromatic nitrogens is 1. The highest BCUT2D eigenvalue weighted by Crippen LogP contribution is 2.20. The van der Waals surface area contributed by atoms with Crippen molar-refractivity contribution in [1.29, 1.82) is 5.26 Å². The number of anilines is 1. The van der Waals surface area contributed by atoms with Gasteiger partial charge in [0.2, 0.25) is 0 Å². The summed E-state index contributed by atoms with van der Waals surface area (Å²) in [5, 5.41) is 11.5. The van der Waals surface area contributed by atoms with Gasteiger partial charge in [0.05, 0.1) is 16.1 Å². The summed E-state index contributed by atoms with van der Waals surface area (Å²) >= 11 is 5.86. The molecule has 1 aromatic heterocycles. The Bertz CT molecular complexity index is 741. The number of esters is 1. The molecular formula is C15H10ClN3O3. The fourth-order valence-electron chi connectivity index (χ4n) is 1.58. The zero-order chi connectivity index (χ0) is 15.9. The third-order valence-corrected chi connectivity index (χ3v) is 2.94. The molecule has 0 saturated carbocycles. The van der Waals surface area contributed by atoms with E-state index in [1.807, 2.05) is 6.07 Å². The normalized spacial score (nSPS) is 9.64. The van der Waals surface area contributed by atoms with E-state index in [0.29, 0.717) is 16.8 Å². The Balaban J connectivity index is 1.90. The maximum absolute atomic E-state index is 11.7. The number of carbonyl (C=O) groups is 2. The van der Waals surface area contributed by atoms with E-state index >= 15 is 0 Å². The van der Waals surface area contributed by atoms with E-state index in [1.165, 1.54) is 42.7 Å². The van der Waals surface area contributed by atoms with Crippen molar-refractivity contribution in [2.75, 3.05) is 11.9 Å². The molecule has 0 spiro atoms. The average molecular weight is 316 g/mol. The second-order valence-electron chi connectivity index (χ2n) is 4.17. The van der Waals surface area contributed by atoms with Crippen LogP contribution in [0.1, 0.15) is 15.9 Å². The molecule has 2 aromatic rings. The van der Waals surface area contributed by atoms with Crippen molar-refractivity contribution in [3.63, 3.8) is 0 Å². The number of nitriles is 1. The quantitative estimate of drug-likeness (QED) is 0.875. The first kappa shape index (κ1) is 15.5. The maximum Gasteiger partial charge on any atom is 0.338 e. The van der Waals surface area contributed by atoms with Crippen LogP contribution in [0.5, 0.6) is 0 Å². The van der Waals surface area contributed by atoms with E-state index in [-0.39, 0.29) is 5.02 Å². The second-order valence-corrected chi connectivity index (χ2v) is 4.57. The third-order valence-electron chi connectivity index (χ3n) is 2.62. The van der Waals surface area contributed by atoms with Crippen molar-refractivity contribution in [2.24, 2.45) is 0 Å². The topological polar surface area (TPSA) is 92.1 Å². The SMILES string of the molecule is N#Cc1ccc(NC(=O)COC(=O)c2ccncc2)cc1Cl. The standard InChI is InChI=1S/C15H10ClN3O3/c16-13-7-12(2-1-11(13)8-17)19-14(20)9-22-15(21)10-3-5-18-6-4-10/h1-7H,9H2,(H,19,20). The summed E-state index contributed by atoms with van der Waals surface area (Å²) in [6, 6.07) is 9.36. The first-order valence-electron chi connectivity index (χ1n) is 6.17. The zero-order valence-corrected chi connectivity index (χ0v) is 12.0. The van der Waals surface area contributed by atoms with Crippen molar-refractivity contribution in [3.05, 3.63) is 58.9 Å². The predicted molar refractivity (Wildman–Crippen MR) is 79.3 cm³/mol. The van der Waals surface area contributed by atoms with E-state index in [0.717, 1.165) is 0 Å². The van der Waals surface area contributed by atoms with Crippen LogP contribution in [0.2, 0.25) is 5.02 Å². The van der Waals surface area contributed by atoms with Crippen molar-refractivity contribution in [2.45, 2.75) is 0 Å². The monoisotopic (exact) mass is 315 g/mol. The molecule has 7 heteroatoms. The number of amides is 1. The number of carbonyl (C=O) groups excluding carboxylic acids is 2. The van der Waals surface area contributed by atoms with Crippen LogP contribution in [0.15, 0.2) is 42.7 Å². The molecule has 2 rings (SSSR count). The number of ether oxygens (including phenoxy) is 1. The Hall–Kier alpha value is -2.91. The highest BCUT2D eigenvalue weighted by atomic mass is 35.5. The zero-order valence-electron chi connectivity index (χ0n) is 11.2. The summed E-state index contributed by atoms with van der Waals surface area (Å²) < 4.78 is 4.87. The molecule has 6 nitrogen and oxygen atoms in total. The Morgan fingerprint density at radius 1 is 1.27 bits per heavy atom. The van der Waals surface area contributed by atoms with E-state index in [9.17, 15) is 9.59 Å². The molecule has 0 aliphatic carbocycles. The van der Waals surface area contributed by atoms with Gasteiger partial charge in [-0.05, 0) is 30.3 Å². The minimum absolute atomic E-state index is 0.231. The lowest BCUT2D eigenvalue weighted by Gasteiger charge is -2.07. The number of rotatable bonds is 4. The van der Waals surface area contributed by atoms with E-state index in [4.69, 9.17) is 21.6 Å². The molecule has 1 amide bonds. The molecule has 1 heterocycles. The molecular weight excluding hydrogens is 306 g/mol. The van der Waals surface area contributed by atoms with Crippen molar-refractivity contribution >= 4 is 29.2 Å². The largest absolute Gasteiger partial charge is 0.452 e. The molecule has 1 N–H and O–H groups in total. The van der Waals surface area contributed by atoms with Gasteiger partial charge in [0, 0.05) is 18.1 Å². The first-order valence-corrected chi connectivity index (χ1v) is 6.54. The van der Waals surface area contributed by atoms with E-state index < -0.39 is 18.5 Å². The van der Waals surface area contributed by atoms with Crippen LogP contribution in [0, 0.1) is 11.3 Å². The lowest BCUT2D eigenvalue weighted by Crippen LogP contribution is -2.20. The molecule has 0 aliphatic heterocycles. The Morgan fingerprint density at radius 2 is 2.00 bits per heavy atom. The highest BCUT2D eigenvalue weighted by molar-refractivity contribution is 6.32. The average Bonchev–Trinajstić information content (AvgIpc) is 2.53. The van der Waals surface area contributed by atoms with Gasteiger partial charge in [-0.25, -0.2) is 4.79 Å². The molecule has 0 saturated heterocycles. The van der Waals surface area contributed by atoms with Gasteiger partial charge in [0.25, 0.3) is 5.91 Å². The lowest BCUT2D eigenvalue weighted by atomic mass is 10.2. The molecule has 110 valence electrons. The van der Waals surface area contributed by atoms with Gasteiger partial charge in [-0.15, -0.1) is 0 Å². The Kier molecular flexibility index (Phi) is 5.07. The van der Waals surface area contributed by atoms with Gasteiger partial charge in [-0.3, -0.25) is 9.78 Å². The summed E-state index contributed by atoms with van der Waals surface area (Å²) in [5.74, 6) is -1.13. The molecule has 22 heavy (non-hydrogen) atoms. The van der Waals surface area contributed by atoms with Crippen LogP contribution in [-0.2, 0) is 9.53 Å². The number of pyridine rings is 1. The first-order chi connectivity index (χ1) is 10.6. The van der Waals surface area contributed by atoms with Crippen molar-refractivity contribution < 1.29 is 14.3 Å². The van der Waals surface area contributed by atoms with Crippen molar-refractivity contribution in [1.82, 2.24) is 4.98 Å². The van der Waals surface area contributed by atoms with Crippen LogP contribution in [0.25, 0.3) is 0 Å². The fourth-order valence-corrected chi connectivity index (χ4v) is 1.81. The molecule has 1 aromatic carbocycles. The van der Waals surface area contributed by atoms with Crippen LogP contribution in [-0.4, -0.2) is 23.5 Å². The van der Waals surface area contributed by atoms with Crippen molar-refractivity contribution in [3.8, 4) is 6.07 Å². The summed E-state index contributed by atoms with van der Waals surface area (Å²) in [4.78, 5) is 27.1. The smallest absolute Gasteiger partial charge is 0.338 e. The summed E-state index contributed by atoms with van der Waals surface area (Å²) in [7, 11) is 0. The molecule has 0 aliphatic rings. The van der Waals surface area contributed by atoms with Gasteiger partial charge in [-0.2, -0.15) is 5.26 Å². The number of halogens is 1.